The molecular weight excluding hydrogens is 281 g/mol. The molecule has 0 aromatic heterocycles. The van der Waals surface area contributed by atoms with Crippen molar-refractivity contribution < 1.29 is 17.5 Å². The maximum atomic E-state index is 13.8. The molecular formula is C14H22FNO3S. The molecule has 1 aromatic rings. The van der Waals surface area contributed by atoms with E-state index in [0.717, 1.165) is 12.1 Å². The van der Waals surface area contributed by atoms with Crippen molar-refractivity contribution in [3.05, 3.63) is 29.6 Å². The standard InChI is InChI=1S/C14H22FNO3S/c1-4-16-11(2)12-6-7-14(13(15)10-12)19-8-5-9-20(3,17)18/h6-7,10-11,16H,4-5,8-9H2,1-3H3. The van der Waals surface area contributed by atoms with Crippen LogP contribution in [0.4, 0.5) is 4.39 Å². The summed E-state index contributed by atoms with van der Waals surface area (Å²) in [5, 5.41) is 3.20. The second kappa shape index (κ2) is 7.59. The van der Waals surface area contributed by atoms with Crippen LogP contribution >= 0.6 is 0 Å². The fourth-order valence-corrected chi connectivity index (χ4v) is 2.47. The zero-order valence-corrected chi connectivity index (χ0v) is 13.0. The molecule has 6 heteroatoms. The summed E-state index contributed by atoms with van der Waals surface area (Å²) in [5.41, 5.74) is 0.854. The van der Waals surface area contributed by atoms with Gasteiger partial charge in [0.15, 0.2) is 11.6 Å². The van der Waals surface area contributed by atoms with Crippen LogP contribution in [0.5, 0.6) is 5.75 Å². The highest BCUT2D eigenvalue weighted by atomic mass is 32.2. The molecule has 0 aliphatic rings. The first-order chi connectivity index (χ1) is 9.33. The highest BCUT2D eigenvalue weighted by Crippen LogP contribution is 2.22. The maximum absolute atomic E-state index is 13.8. The van der Waals surface area contributed by atoms with Crippen LogP contribution in [0.15, 0.2) is 18.2 Å². The van der Waals surface area contributed by atoms with Gasteiger partial charge in [-0.15, -0.1) is 0 Å². The normalized spacial score (nSPS) is 13.2. The smallest absolute Gasteiger partial charge is 0.165 e. The minimum atomic E-state index is -2.99. The summed E-state index contributed by atoms with van der Waals surface area (Å²) < 4.78 is 41.0. The van der Waals surface area contributed by atoms with E-state index >= 15 is 0 Å². The van der Waals surface area contributed by atoms with Crippen LogP contribution in [0.1, 0.15) is 31.9 Å². The number of rotatable bonds is 8. The third-order valence-corrected chi connectivity index (χ3v) is 3.91. The molecule has 1 unspecified atom stereocenters. The quantitative estimate of drug-likeness (QED) is 0.749. The first kappa shape index (κ1) is 16.9. The van der Waals surface area contributed by atoms with Crippen LogP contribution in [0.25, 0.3) is 0 Å². The maximum Gasteiger partial charge on any atom is 0.165 e. The summed E-state index contributed by atoms with van der Waals surface area (Å²) in [6, 6.07) is 4.91. The molecule has 1 aromatic carbocycles. The van der Waals surface area contributed by atoms with Gasteiger partial charge in [0.25, 0.3) is 0 Å². The van der Waals surface area contributed by atoms with Gasteiger partial charge in [0.05, 0.1) is 12.4 Å². The Bertz CT molecular complexity index is 531. The molecule has 1 rings (SSSR count). The lowest BCUT2D eigenvalue weighted by molar-refractivity contribution is 0.301. The van der Waals surface area contributed by atoms with E-state index < -0.39 is 15.7 Å². The van der Waals surface area contributed by atoms with E-state index in [1.807, 2.05) is 19.9 Å². The van der Waals surface area contributed by atoms with Crippen molar-refractivity contribution in [2.24, 2.45) is 0 Å². The lowest BCUT2D eigenvalue weighted by atomic mass is 10.1. The van der Waals surface area contributed by atoms with Crippen LogP contribution < -0.4 is 10.1 Å². The third kappa shape index (κ3) is 5.88. The van der Waals surface area contributed by atoms with Crippen LogP contribution in [-0.4, -0.2) is 33.6 Å². The van der Waals surface area contributed by atoms with Crippen molar-refractivity contribution in [1.82, 2.24) is 5.32 Å². The summed E-state index contributed by atoms with van der Waals surface area (Å²) in [6.07, 6.45) is 1.53. The average Bonchev–Trinajstić information content (AvgIpc) is 2.35. The van der Waals surface area contributed by atoms with Gasteiger partial charge in [-0.3, -0.25) is 0 Å². The van der Waals surface area contributed by atoms with Gasteiger partial charge in [-0.05, 0) is 37.6 Å². The number of nitrogens with one attached hydrogen (secondary N) is 1. The second-order valence-electron chi connectivity index (χ2n) is 4.80. The van der Waals surface area contributed by atoms with E-state index in [2.05, 4.69) is 5.32 Å². The van der Waals surface area contributed by atoms with Crippen molar-refractivity contribution in [2.75, 3.05) is 25.2 Å². The van der Waals surface area contributed by atoms with Gasteiger partial charge >= 0.3 is 0 Å². The molecule has 0 fully saturated rings. The van der Waals surface area contributed by atoms with E-state index in [0.29, 0.717) is 6.42 Å². The summed E-state index contributed by atoms with van der Waals surface area (Å²) in [6.45, 7) is 4.95. The Hall–Kier alpha value is -1.14. The van der Waals surface area contributed by atoms with Crippen molar-refractivity contribution in [3.63, 3.8) is 0 Å². The molecule has 20 heavy (non-hydrogen) atoms. The molecule has 0 bridgehead atoms. The Morgan fingerprint density at radius 1 is 1.40 bits per heavy atom. The zero-order valence-electron chi connectivity index (χ0n) is 12.1. The molecule has 0 radical (unpaired) electrons. The summed E-state index contributed by atoms with van der Waals surface area (Å²) in [7, 11) is -2.99. The zero-order chi connectivity index (χ0) is 15.2. The highest BCUT2D eigenvalue weighted by molar-refractivity contribution is 7.90. The first-order valence-corrected chi connectivity index (χ1v) is 8.73. The molecule has 0 saturated heterocycles. The molecule has 1 atom stereocenters. The number of ether oxygens (including phenoxy) is 1. The van der Waals surface area contributed by atoms with Gasteiger partial charge in [0, 0.05) is 12.3 Å². The van der Waals surface area contributed by atoms with Crippen LogP contribution in [0.2, 0.25) is 0 Å². The molecule has 0 aliphatic carbocycles. The Labute approximate surface area is 120 Å². The summed E-state index contributed by atoms with van der Waals surface area (Å²) in [5.74, 6) is -0.220. The van der Waals surface area contributed by atoms with Crippen LogP contribution in [0.3, 0.4) is 0 Å². The minimum absolute atomic E-state index is 0.0458. The lowest BCUT2D eigenvalue weighted by Gasteiger charge is -2.14. The van der Waals surface area contributed by atoms with Gasteiger partial charge in [-0.1, -0.05) is 13.0 Å². The molecule has 0 heterocycles. The fourth-order valence-electron chi connectivity index (χ4n) is 1.83. The van der Waals surface area contributed by atoms with Gasteiger partial charge in [-0.25, -0.2) is 12.8 Å². The molecule has 4 nitrogen and oxygen atoms in total. The first-order valence-electron chi connectivity index (χ1n) is 6.67. The topological polar surface area (TPSA) is 55.4 Å². The Kier molecular flexibility index (Phi) is 6.42. The molecule has 1 N–H and O–H groups in total. The monoisotopic (exact) mass is 303 g/mol. The van der Waals surface area contributed by atoms with Crippen molar-refractivity contribution >= 4 is 9.84 Å². The Morgan fingerprint density at radius 2 is 2.10 bits per heavy atom. The fraction of sp³-hybridized carbons (Fsp3) is 0.571. The van der Waals surface area contributed by atoms with Gasteiger partial charge in [0.1, 0.15) is 9.84 Å². The van der Waals surface area contributed by atoms with Crippen LogP contribution in [0, 0.1) is 5.82 Å². The summed E-state index contributed by atoms with van der Waals surface area (Å²) in [4.78, 5) is 0. The van der Waals surface area contributed by atoms with Gasteiger partial charge < -0.3 is 10.1 Å². The van der Waals surface area contributed by atoms with E-state index in [9.17, 15) is 12.8 Å². The van der Waals surface area contributed by atoms with Crippen molar-refractivity contribution in [2.45, 2.75) is 26.3 Å². The predicted octanol–water partition coefficient (Wildman–Crippen LogP) is 2.31. The van der Waals surface area contributed by atoms with Crippen molar-refractivity contribution in [3.8, 4) is 5.75 Å². The largest absolute Gasteiger partial charge is 0.490 e. The number of sulfone groups is 1. The average molecular weight is 303 g/mol. The number of halogens is 1. The van der Waals surface area contributed by atoms with Gasteiger partial charge in [-0.2, -0.15) is 0 Å². The SMILES string of the molecule is CCNC(C)c1ccc(OCCCS(C)(=O)=O)c(F)c1. The van der Waals surface area contributed by atoms with E-state index in [-0.39, 0.29) is 24.2 Å². The molecule has 0 amide bonds. The van der Waals surface area contributed by atoms with E-state index in [1.54, 1.807) is 6.07 Å². The van der Waals surface area contributed by atoms with E-state index in [1.165, 1.54) is 12.3 Å². The minimum Gasteiger partial charge on any atom is -0.490 e. The number of hydrogen-bond donors (Lipinski definition) is 1. The second-order valence-corrected chi connectivity index (χ2v) is 7.06. The van der Waals surface area contributed by atoms with E-state index in [4.69, 9.17) is 4.74 Å². The molecule has 114 valence electrons. The van der Waals surface area contributed by atoms with Crippen LogP contribution in [-0.2, 0) is 9.84 Å². The number of benzene rings is 1. The Balaban J connectivity index is 2.56. The molecule has 0 spiro atoms. The summed E-state index contributed by atoms with van der Waals surface area (Å²) >= 11 is 0. The molecule has 0 saturated carbocycles. The van der Waals surface area contributed by atoms with Crippen molar-refractivity contribution in [1.29, 1.82) is 0 Å². The predicted molar refractivity (Wildman–Crippen MR) is 78.3 cm³/mol. The highest BCUT2D eigenvalue weighted by Gasteiger charge is 2.09. The van der Waals surface area contributed by atoms with Gasteiger partial charge in [0.2, 0.25) is 0 Å². The Morgan fingerprint density at radius 3 is 2.65 bits per heavy atom. The third-order valence-electron chi connectivity index (χ3n) is 2.88. The number of hydrogen-bond acceptors (Lipinski definition) is 4. The lowest BCUT2D eigenvalue weighted by Crippen LogP contribution is -2.17. The molecule has 0 aliphatic heterocycles.